The zero-order valence-electron chi connectivity index (χ0n) is 8.27. The molecule has 0 spiro atoms. The second kappa shape index (κ2) is 4.85. The number of halogens is 3. The van der Waals surface area contributed by atoms with E-state index in [4.69, 9.17) is 5.11 Å². The van der Waals surface area contributed by atoms with E-state index in [1.54, 1.807) is 0 Å². The van der Waals surface area contributed by atoms with Crippen LogP contribution in [0.1, 0.15) is 0 Å². The van der Waals surface area contributed by atoms with Gasteiger partial charge in [-0.05, 0) is 0 Å². The van der Waals surface area contributed by atoms with E-state index in [-0.39, 0.29) is 10.4 Å². The predicted octanol–water partition coefficient (Wildman–Crippen LogP) is 0.269. The fourth-order valence-electron chi connectivity index (χ4n) is 0.930. The number of rotatable bonds is 4. The Morgan fingerprint density at radius 1 is 1.53 bits per heavy atom. The number of hydrogen-bond acceptors (Lipinski definition) is 4. The number of ether oxygens (including phenoxy) is 1. The maximum Gasteiger partial charge on any atom is 0.408 e. The van der Waals surface area contributed by atoms with E-state index in [0.717, 1.165) is 12.3 Å². The average molecular weight is 252 g/mol. The summed E-state index contributed by atoms with van der Waals surface area (Å²) in [6.07, 6.45) is -3.71. The minimum atomic E-state index is -4.56. The summed E-state index contributed by atoms with van der Waals surface area (Å²) in [7, 11) is 0. The van der Waals surface area contributed by atoms with Crippen molar-refractivity contribution in [1.29, 1.82) is 0 Å². The molecular formula is C8H7F3N2O4. The van der Waals surface area contributed by atoms with Crippen LogP contribution in [0.5, 0.6) is 5.75 Å². The maximum absolute atomic E-state index is 12.0. The van der Waals surface area contributed by atoms with Gasteiger partial charge in [0.1, 0.15) is 12.3 Å². The monoisotopic (exact) mass is 252 g/mol. The molecule has 0 saturated heterocycles. The Morgan fingerprint density at radius 2 is 2.18 bits per heavy atom. The molecule has 0 amide bonds. The molecule has 1 aromatic rings. The Morgan fingerprint density at radius 3 is 2.65 bits per heavy atom. The summed E-state index contributed by atoms with van der Waals surface area (Å²) in [6, 6.07) is 0.738. The second-order valence-corrected chi connectivity index (χ2v) is 2.98. The average Bonchev–Trinajstić information content (AvgIpc) is 2.17. The zero-order chi connectivity index (χ0) is 13.1. The third kappa shape index (κ3) is 4.53. The molecule has 1 aromatic heterocycles. The third-order valence-electron chi connectivity index (χ3n) is 1.54. The van der Waals surface area contributed by atoms with Gasteiger partial charge in [-0.3, -0.25) is 4.79 Å². The van der Waals surface area contributed by atoms with Gasteiger partial charge in [0.15, 0.2) is 6.61 Å². The van der Waals surface area contributed by atoms with Gasteiger partial charge < -0.3 is 9.84 Å². The molecule has 0 aliphatic rings. The van der Waals surface area contributed by atoms with Crippen LogP contribution in [-0.2, 0) is 11.3 Å². The van der Waals surface area contributed by atoms with Gasteiger partial charge >= 0.3 is 12.1 Å². The summed E-state index contributed by atoms with van der Waals surface area (Å²) < 4.78 is 40.7. The summed E-state index contributed by atoms with van der Waals surface area (Å²) in [6.45, 7) is -2.21. The van der Waals surface area contributed by atoms with Crippen LogP contribution < -0.4 is 10.3 Å². The van der Waals surface area contributed by atoms with Crippen LogP contribution in [0.15, 0.2) is 17.1 Å². The van der Waals surface area contributed by atoms with Gasteiger partial charge in [-0.15, -0.1) is 0 Å². The number of aliphatic carboxylic acids is 1. The fourth-order valence-corrected chi connectivity index (χ4v) is 0.930. The molecule has 0 aliphatic heterocycles. The first kappa shape index (κ1) is 13.0. The smallest absolute Gasteiger partial charge is 0.408 e. The highest BCUT2D eigenvalue weighted by atomic mass is 19.4. The fraction of sp³-hybridized carbons (Fsp3) is 0.375. The largest absolute Gasteiger partial charge is 0.480 e. The summed E-state index contributed by atoms with van der Waals surface area (Å²) in [4.78, 5) is 21.3. The van der Waals surface area contributed by atoms with Crippen molar-refractivity contribution in [3.8, 4) is 5.75 Å². The molecule has 0 fully saturated rings. The van der Waals surface area contributed by atoms with Gasteiger partial charge in [-0.25, -0.2) is 9.48 Å². The summed E-state index contributed by atoms with van der Waals surface area (Å²) >= 11 is 0. The molecule has 0 unspecified atom stereocenters. The van der Waals surface area contributed by atoms with E-state index in [0.29, 0.717) is 0 Å². The number of carboxylic acid groups (broad SMARTS) is 1. The number of carbonyl (C=O) groups is 1. The van der Waals surface area contributed by atoms with Crippen molar-refractivity contribution in [2.45, 2.75) is 12.7 Å². The number of hydrogen-bond donors (Lipinski definition) is 1. The lowest BCUT2D eigenvalue weighted by atomic mass is 10.5. The van der Waals surface area contributed by atoms with Gasteiger partial charge in [-0.2, -0.15) is 18.3 Å². The van der Waals surface area contributed by atoms with Gasteiger partial charge in [0.25, 0.3) is 5.56 Å². The lowest BCUT2D eigenvalue weighted by Crippen LogP contribution is -2.29. The van der Waals surface area contributed by atoms with Crippen molar-refractivity contribution in [3.63, 3.8) is 0 Å². The van der Waals surface area contributed by atoms with E-state index in [1.807, 2.05) is 0 Å². The van der Waals surface area contributed by atoms with Crippen LogP contribution in [0, 0.1) is 0 Å². The quantitative estimate of drug-likeness (QED) is 0.831. The number of aromatic nitrogens is 2. The second-order valence-electron chi connectivity index (χ2n) is 2.98. The molecule has 1 N–H and O–H groups in total. The molecule has 1 rings (SSSR count). The third-order valence-corrected chi connectivity index (χ3v) is 1.54. The van der Waals surface area contributed by atoms with Crippen LogP contribution in [0.25, 0.3) is 0 Å². The standard InChI is InChI=1S/C8H7F3N2O4/c9-8(10,11)4-13-6(14)1-5(2-12-13)17-3-7(15)16/h1-2H,3-4H2,(H,15,16). The number of nitrogens with zero attached hydrogens (tertiary/aromatic N) is 2. The van der Waals surface area contributed by atoms with Crippen LogP contribution in [0.2, 0.25) is 0 Å². The number of carboxylic acids is 1. The first-order chi connectivity index (χ1) is 7.78. The molecule has 0 radical (unpaired) electrons. The molecular weight excluding hydrogens is 245 g/mol. The Hall–Kier alpha value is -2.06. The molecule has 0 aromatic carbocycles. The lowest BCUT2D eigenvalue weighted by Gasteiger charge is -2.08. The van der Waals surface area contributed by atoms with Gasteiger partial charge in [0, 0.05) is 6.07 Å². The van der Waals surface area contributed by atoms with Crippen molar-refractivity contribution < 1.29 is 27.8 Å². The van der Waals surface area contributed by atoms with Crippen molar-refractivity contribution in [3.05, 3.63) is 22.6 Å². The Bertz CT molecular complexity index is 469. The highest BCUT2D eigenvalue weighted by Gasteiger charge is 2.29. The topological polar surface area (TPSA) is 81.4 Å². The molecule has 9 heteroatoms. The number of alkyl halides is 3. The Labute approximate surface area is 92.2 Å². The molecule has 0 bridgehead atoms. The highest BCUT2D eigenvalue weighted by molar-refractivity contribution is 5.68. The minimum absolute atomic E-state index is 0.198. The van der Waals surface area contributed by atoms with Crippen LogP contribution in [0.4, 0.5) is 13.2 Å². The highest BCUT2D eigenvalue weighted by Crippen LogP contribution is 2.16. The summed E-state index contributed by atoms with van der Waals surface area (Å²) in [5.74, 6) is -1.47. The molecule has 0 saturated carbocycles. The summed E-state index contributed by atoms with van der Waals surface area (Å²) in [5, 5.41) is 11.5. The Balaban J connectivity index is 2.80. The van der Waals surface area contributed by atoms with Gasteiger partial charge in [-0.1, -0.05) is 0 Å². The molecule has 0 atom stereocenters. The normalized spacial score (nSPS) is 11.2. The predicted molar refractivity (Wildman–Crippen MR) is 47.7 cm³/mol. The van der Waals surface area contributed by atoms with Gasteiger partial charge in [0.05, 0.1) is 6.20 Å². The van der Waals surface area contributed by atoms with Crippen molar-refractivity contribution in [2.75, 3.05) is 6.61 Å². The Kier molecular flexibility index (Phi) is 3.71. The first-order valence-electron chi connectivity index (χ1n) is 4.26. The van der Waals surface area contributed by atoms with E-state index in [2.05, 4.69) is 9.84 Å². The van der Waals surface area contributed by atoms with Crippen molar-refractivity contribution in [2.24, 2.45) is 0 Å². The molecule has 1 heterocycles. The first-order valence-corrected chi connectivity index (χ1v) is 4.26. The van der Waals surface area contributed by atoms with Crippen LogP contribution in [-0.4, -0.2) is 33.6 Å². The summed E-state index contributed by atoms with van der Waals surface area (Å²) in [5.41, 5.74) is -1.02. The van der Waals surface area contributed by atoms with E-state index in [1.165, 1.54) is 0 Å². The van der Waals surface area contributed by atoms with E-state index in [9.17, 15) is 22.8 Å². The van der Waals surface area contributed by atoms with Crippen LogP contribution >= 0.6 is 0 Å². The molecule has 6 nitrogen and oxygen atoms in total. The van der Waals surface area contributed by atoms with Crippen LogP contribution in [0.3, 0.4) is 0 Å². The SMILES string of the molecule is O=C(O)COc1cnn(CC(F)(F)F)c(=O)c1. The minimum Gasteiger partial charge on any atom is -0.480 e. The lowest BCUT2D eigenvalue weighted by molar-refractivity contribution is -0.143. The van der Waals surface area contributed by atoms with Crippen molar-refractivity contribution >= 4 is 5.97 Å². The molecule has 17 heavy (non-hydrogen) atoms. The molecule has 94 valence electrons. The zero-order valence-corrected chi connectivity index (χ0v) is 8.27. The van der Waals surface area contributed by atoms with E-state index < -0.39 is 30.9 Å². The van der Waals surface area contributed by atoms with Gasteiger partial charge in [0.2, 0.25) is 0 Å². The van der Waals surface area contributed by atoms with Crippen molar-refractivity contribution in [1.82, 2.24) is 9.78 Å². The molecule has 0 aliphatic carbocycles. The van der Waals surface area contributed by atoms with E-state index >= 15 is 0 Å². The maximum atomic E-state index is 12.0.